The molecule has 94 valence electrons. The van der Waals surface area contributed by atoms with Gasteiger partial charge in [-0.2, -0.15) is 0 Å². The molecule has 17 heavy (non-hydrogen) atoms. The average molecular weight is 235 g/mol. The van der Waals surface area contributed by atoms with E-state index in [0.717, 1.165) is 25.2 Å². The van der Waals surface area contributed by atoms with Crippen molar-refractivity contribution in [2.45, 2.75) is 26.8 Å². The minimum absolute atomic E-state index is 0.0979. The quantitative estimate of drug-likeness (QED) is 0.777. The van der Waals surface area contributed by atoms with E-state index in [1.807, 2.05) is 12.1 Å². The number of carbonyl (C=O) groups is 1. The van der Waals surface area contributed by atoms with Crippen LogP contribution in [0.4, 0.5) is 0 Å². The van der Waals surface area contributed by atoms with E-state index >= 15 is 0 Å². The molecule has 0 bridgehead atoms. The van der Waals surface area contributed by atoms with Crippen LogP contribution in [0.25, 0.3) is 0 Å². The molecule has 0 aliphatic carbocycles. The summed E-state index contributed by atoms with van der Waals surface area (Å²) in [6, 6.07) is 3.83. The summed E-state index contributed by atoms with van der Waals surface area (Å²) >= 11 is 0. The second-order valence-electron chi connectivity index (χ2n) is 3.91. The van der Waals surface area contributed by atoms with Gasteiger partial charge in [-0.25, -0.2) is 0 Å². The molecule has 0 saturated carbocycles. The zero-order chi connectivity index (χ0) is 12.5. The highest BCUT2D eigenvalue weighted by Gasteiger charge is 2.04. The van der Waals surface area contributed by atoms with Gasteiger partial charge in [0.25, 0.3) is 0 Å². The highest BCUT2D eigenvalue weighted by Crippen LogP contribution is 1.95. The van der Waals surface area contributed by atoms with Crippen LogP contribution in [0.3, 0.4) is 0 Å². The number of amides is 1. The topological polar surface area (TPSA) is 45.2 Å². The molecular formula is C13H21N3O. The molecule has 1 N–H and O–H groups in total. The van der Waals surface area contributed by atoms with Crippen molar-refractivity contribution in [2.24, 2.45) is 0 Å². The third-order valence-corrected chi connectivity index (χ3v) is 2.76. The van der Waals surface area contributed by atoms with Gasteiger partial charge in [-0.05, 0) is 24.7 Å². The van der Waals surface area contributed by atoms with E-state index in [4.69, 9.17) is 0 Å². The van der Waals surface area contributed by atoms with Crippen molar-refractivity contribution >= 4 is 5.91 Å². The summed E-state index contributed by atoms with van der Waals surface area (Å²) in [6.07, 6.45) is 4.05. The number of rotatable bonds is 7. The van der Waals surface area contributed by atoms with E-state index < -0.39 is 0 Å². The first-order valence-electron chi connectivity index (χ1n) is 6.14. The van der Waals surface area contributed by atoms with Crippen molar-refractivity contribution in [2.75, 3.05) is 19.6 Å². The molecule has 0 atom stereocenters. The smallest absolute Gasteiger partial charge is 0.221 e. The SMILES string of the molecule is CCN(CC)CCC(=O)NCc1cccnc1. The molecule has 0 fully saturated rings. The maximum Gasteiger partial charge on any atom is 0.221 e. The molecule has 1 heterocycles. The fourth-order valence-electron chi connectivity index (χ4n) is 1.59. The Morgan fingerprint density at radius 3 is 2.76 bits per heavy atom. The van der Waals surface area contributed by atoms with E-state index in [2.05, 4.69) is 29.0 Å². The van der Waals surface area contributed by atoms with Crippen LogP contribution in [0.15, 0.2) is 24.5 Å². The number of hydrogen-bond donors (Lipinski definition) is 1. The molecule has 1 aromatic rings. The van der Waals surface area contributed by atoms with E-state index in [0.29, 0.717) is 13.0 Å². The predicted octanol–water partition coefficient (Wildman–Crippen LogP) is 1.43. The number of pyridine rings is 1. The Morgan fingerprint density at radius 2 is 2.18 bits per heavy atom. The van der Waals surface area contributed by atoms with Gasteiger partial charge in [0.05, 0.1) is 0 Å². The van der Waals surface area contributed by atoms with Crippen molar-refractivity contribution in [1.29, 1.82) is 0 Å². The number of hydrogen-bond acceptors (Lipinski definition) is 3. The lowest BCUT2D eigenvalue weighted by molar-refractivity contribution is -0.121. The first kappa shape index (κ1) is 13.6. The lowest BCUT2D eigenvalue weighted by atomic mass is 10.3. The summed E-state index contributed by atoms with van der Waals surface area (Å²) in [4.78, 5) is 17.8. The Morgan fingerprint density at radius 1 is 1.41 bits per heavy atom. The van der Waals surface area contributed by atoms with Gasteiger partial charge in [-0.1, -0.05) is 19.9 Å². The highest BCUT2D eigenvalue weighted by atomic mass is 16.1. The fourth-order valence-corrected chi connectivity index (χ4v) is 1.59. The Labute approximate surface area is 103 Å². The first-order valence-corrected chi connectivity index (χ1v) is 6.14. The summed E-state index contributed by atoms with van der Waals surface area (Å²) in [7, 11) is 0. The maximum atomic E-state index is 11.6. The normalized spacial score (nSPS) is 10.5. The summed E-state index contributed by atoms with van der Waals surface area (Å²) in [5, 5.41) is 2.90. The van der Waals surface area contributed by atoms with Gasteiger partial charge in [-0.3, -0.25) is 9.78 Å². The van der Waals surface area contributed by atoms with Gasteiger partial charge in [-0.15, -0.1) is 0 Å². The zero-order valence-electron chi connectivity index (χ0n) is 10.6. The average Bonchev–Trinajstić information content (AvgIpc) is 2.39. The third kappa shape index (κ3) is 5.45. The van der Waals surface area contributed by atoms with E-state index in [-0.39, 0.29) is 5.91 Å². The van der Waals surface area contributed by atoms with Crippen molar-refractivity contribution in [3.63, 3.8) is 0 Å². The standard InChI is InChI=1S/C13H21N3O/c1-3-16(4-2)9-7-13(17)15-11-12-6-5-8-14-10-12/h5-6,8,10H,3-4,7,9,11H2,1-2H3,(H,15,17). The Kier molecular flexibility index (Phi) is 6.25. The van der Waals surface area contributed by atoms with Crippen molar-refractivity contribution in [3.05, 3.63) is 30.1 Å². The van der Waals surface area contributed by atoms with Gasteiger partial charge in [0.15, 0.2) is 0 Å². The molecule has 1 aromatic heterocycles. The fraction of sp³-hybridized carbons (Fsp3) is 0.538. The molecule has 4 heteroatoms. The van der Waals surface area contributed by atoms with Crippen LogP contribution in [-0.2, 0) is 11.3 Å². The third-order valence-electron chi connectivity index (χ3n) is 2.76. The number of carbonyl (C=O) groups excluding carboxylic acids is 1. The first-order chi connectivity index (χ1) is 8.26. The second kappa shape index (κ2) is 7.79. The molecule has 0 spiro atoms. The molecule has 0 aliphatic heterocycles. The van der Waals surface area contributed by atoms with Crippen LogP contribution in [0.2, 0.25) is 0 Å². The lowest BCUT2D eigenvalue weighted by Gasteiger charge is -2.17. The van der Waals surface area contributed by atoms with Crippen LogP contribution in [0.5, 0.6) is 0 Å². The van der Waals surface area contributed by atoms with E-state index in [9.17, 15) is 4.79 Å². The van der Waals surface area contributed by atoms with E-state index in [1.165, 1.54) is 0 Å². The van der Waals surface area contributed by atoms with Crippen LogP contribution >= 0.6 is 0 Å². The number of aromatic nitrogens is 1. The van der Waals surface area contributed by atoms with E-state index in [1.54, 1.807) is 12.4 Å². The van der Waals surface area contributed by atoms with Crippen molar-refractivity contribution < 1.29 is 4.79 Å². The Bertz CT molecular complexity index is 323. The monoisotopic (exact) mass is 235 g/mol. The Hall–Kier alpha value is -1.42. The molecule has 0 aliphatic rings. The zero-order valence-corrected chi connectivity index (χ0v) is 10.6. The summed E-state index contributed by atoms with van der Waals surface area (Å²) in [5.74, 6) is 0.0979. The van der Waals surface area contributed by atoms with Crippen LogP contribution in [0, 0.1) is 0 Å². The van der Waals surface area contributed by atoms with Gasteiger partial charge in [0.2, 0.25) is 5.91 Å². The molecular weight excluding hydrogens is 214 g/mol. The highest BCUT2D eigenvalue weighted by molar-refractivity contribution is 5.76. The van der Waals surface area contributed by atoms with Gasteiger partial charge in [0, 0.05) is 31.9 Å². The molecule has 0 unspecified atom stereocenters. The second-order valence-corrected chi connectivity index (χ2v) is 3.91. The lowest BCUT2D eigenvalue weighted by Crippen LogP contribution is -2.30. The predicted molar refractivity (Wildman–Crippen MR) is 68.5 cm³/mol. The van der Waals surface area contributed by atoms with Gasteiger partial charge in [0.1, 0.15) is 0 Å². The molecule has 0 radical (unpaired) electrons. The van der Waals surface area contributed by atoms with Crippen molar-refractivity contribution in [1.82, 2.24) is 15.2 Å². The molecule has 4 nitrogen and oxygen atoms in total. The largest absolute Gasteiger partial charge is 0.352 e. The van der Waals surface area contributed by atoms with Gasteiger partial charge >= 0.3 is 0 Å². The molecule has 0 saturated heterocycles. The molecule has 0 aromatic carbocycles. The minimum atomic E-state index is 0.0979. The number of nitrogens with one attached hydrogen (secondary N) is 1. The maximum absolute atomic E-state index is 11.6. The Balaban J connectivity index is 2.22. The summed E-state index contributed by atoms with van der Waals surface area (Å²) < 4.78 is 0. The van der Waals surface area contributed by atoms with Crippen molar-refractivity contribution in [3.8, 4) is 0 Å². The van der Waals surface area contributed by atoms with Crippen LogP contribution in [-0.4, -0.2) is 35.4 Å². The molecule has 1 amide bonds. The summed E-state index contributed by atoms with van der Waals surface area (Å²) in [6.45, 7) is 7.59. The summed E-state index contributed by atoms with van der Waals surface area (Å²) in [5.41, 5.74) is 1.03. The van der Waals surface area contributed by atoms with Crippen LogP contribution < -0.4 is 5.32 Å². The number of nitrogens with zero attached hydrogens (tertiary/aromatic N) is 2. The van der Waals surface area contributed by atoms with Gasteiger partial charge < -0.3 is 10.2 Å². The minimum Gasteiger partial charge on any atom is -0.352 e. The van der Waals surface area contributed by atoms with Crippen LogP contribution in [0.1, 0.15) is 25.8 Å². The molecule has 1 rings (SSSR count).